The molecule has 0 amide bonds. The van der Waals surface area contributed by atoms with E-state index >= 15 is 0 Å². The molecule has 1 fully saturated rings. The molecule has 90 valence electrons. The number of hydrogen-bond donors (Lipinski definition) is 2. The second-order valence-corrected chi connectivity index (χ2v) is 5.65. The van der Waals surface area contributed by atoms with E-state index in [1.54, 1.807) is 0 Å². The Morgan fingerprint density at radius 1 is 1.27 bits per heavy atom. The molecule has 2 heteroatoms. The lowest BCUT2D eigenvalue weighted by atomic mass is 9.79. The molecule has 5 atom stereocenters. The van der Waals surface area contributed by atoms with E-state index in [2.05, 4.69) is 26.1 Å². The molecule has 0 radical (unpaired) electrons. The third-order valence-corrected chi connectivity index (χ3v) is 3.62. The third-order valence-electron chi connectivity index (χ3n) is 3.62. The van der Waals surface area contributed by atoms with Gasteiger partial charge in [0.15, 0.2) is 0 Å². The van der Waals surface area contributed by atoms with E-state index in [0.29, 0.717) is 12.1 Å². The SMILES string of the molecule is CC(O)CC(C)NC1CCC(C)CC1C. The van der Waals surface area contributed by atoms with Crippen molar-refractivity contribution in [1.82, 2.24) is 5.32 Å². The number of aliphatic hydroxyl groups is 1. The van der Waals surface area contributed by atoms with E-state index in [-0.39, 0.29) is 6.10 Å². The van der Waals surface area contributed by atoms with Crippen LogP contribution < -0.4 is 5.32 Å². The minimum absolute atomic E-state index is 0.190. The lowest BCUT2D eigenvalue weighted by molar-refractivity contribution is 0.154. The van der Waals surface area contributed by atoms with Crippen LogP contribution >= 0.6 is 0 Å². The molecule has 0 saturated heterocycles. The zero-order valence-electron chi connectivity index (χ0n) is 10.7. The Kier molecular flexibility index (Phi) is 5.07. The van der Waals surface area contributed by atoms with Crippen LogP contribution in [0.5, 0.6) is 0 Å². The average molecular weight is 213 g/mol. The second-order valence-electron chi connectivity index (χ2n) is 5.65. The number of rotatable bonds is 4. The first-order chi connectivity index (χ1) is 6.99. The van der Waals surface area contributed by atoms with E-state index in [1.165, 1.54) is 19.3 Å². The Morgan fingerprint density at radius 2 is 1.93 bits per heavy atom. The zero-order valence-corrected chi connectivity index (χ0v) is 10.7. The summed E-state index contributed by atoms with van der Waals surface area (Å²) in [7, 11) is 0. The predicted octanol–water partition coefficient (Wildman–Crippen LogP) is 2.56. The summed E-state index contributed by atoms with van der Waals surface area (Å²) in [5, 5.41) is 13.0. The van der Waals surface area contributed by atoms with E-state index in [4.69, 9.17) is 0 Å². The van der Waals surface area contributed by atoms with Gasteiger partial charge in [-0.05, 0) is 51.4 Å². The molecule has 0 aromatic carbocycles. The van der Waals surface area contributed by atoms with Gasteiger partial charge in [0, 0.05) is 12.1 Å². The summed E-state index contributed by atoms with van der Waals surface area (Å²) >= 11 is 0. The van der Waals surface area contributed by atoms with Gasteiger partial charge in [0.05, 0.1) is 6.10 Å². The minimum Gasteiger partial charge on any atom is -0.393 e. The first kappa shape index (κ1) is 13.0. The van der Waals surface area contributed by atoms with E-state index < -0.39 is 0 Å². The lowest BCUT2D eigenvalue weighted by Crippen LogP contribution is -2.44. The van der Waals surface area contributed by atoms with Crippen LogP contribution in [0.1, 0.15) is 53.4 Å². The summed E-state index contributed by atoms with van der Waals surface area (Å²) < 4.78 is 0. The quantitative estimate of drug-likeness (QED) is 0.752. The molecule has 0 bridgehead atoms. The highest BCUT2D eigenvalue weighted by molar-refractivity contribution is 4.83. The van der Waals surface area contributed by atoms with Crippen molar-refractivity contribution in [1.29, 1.82) is 0 Å². The van der Waals surface area contributed by atoms with Gasteiger partial charge in [-0.15, -0.1) is 0 Å². The zero-order chi connectivity index (χ0) is 11.4. The number of nitrogens with one attached hydrogen (secondary N) is 1. The smallest absolute Gasteiger partial charge is 0.0526 e. The van der Waals surface area contributed by atoms with Crippen molar-refractivity contribution < 1.29 is 5.11 Å². The summed E-state index contributed by atoms with van der Waals surface area (Å²) in [6.45, 7) is 8.75. The maximum Gasteiger partial charge on any atom is 0.0526 e. The molecule has 1 aliphatic rings. The monoisotopic (exact) mass is 213 g/mol. The fourth-order valence-corrected chi connectivity index (χ4v) is 2.86. The first-order valence-electron chi connectivity index (χ1n) is 6.43. The van der Waals surface area contributed by atoms with E-state index in [0.717, 1.165) is 18.3 Å². The molecule has 0 aromatic heterocycles. The highest BCUT2D eigenvalue weighted by Gasteiger charge is 2.26. The molecular formula is C13H27NO. The van der Waals surface area contributed by atoms with Crippen molar-refractivity contribution in [2.75, 3.05) is 0 Å². The fourth-order valence-electron chi connectivity index (χ4n) is 2.86. The molecule has 15 heavy (non-hydrogen) atoms. The Hall–Kier alpha value is -0.0800. The van der Waals surface area contributed by atoms with Gasteiger partial charge in [0.2, 0.25) is 0 Å². The van der Waals surface area contributed by atoms with E-state index in [1.807, 2.05) is 6.92 Å². The summed E-state index contributed by atoms with van der Waals surface area (Å²) in [6.07, 6.45) is 4.67. The van der Waals surface area contributed by atoms with Crippen molar-refractivity contribution in [2.45, 2.75) is 71.6 Å². The van der Waals surface area contributed by atoms with Crippen LogP contribution in [0, 0.1) is 11.8 Å². The van der Waals surface area contributed by atoms with Crippen LogP contribution in [-0.4, -0.2) is 23.3 Å². The van der Waals surface area contributed by atoms with Crippen LogP contribution in [0.4, 0.5) is 0 Å². The molecule has 1 rings (SSSR count). The van der Waals surface area contributed by atoms with Gasteiger partial charge in [0.25, 0.3) is 0 Å². The first-order valence-corrected chi connectivity index (χ1v) is 6.43. The van der Waals surface area contributed by atoms with Crippen LogP contribution in [0.3, 0.4) is 0 Å². The Balaban J connectivity index is 2.31. The van der Waals surface area contributed by atoms with Gasteiger partial charge < -0.3 is 10.4 Å². The standard InChI is InChI=1S/C13H27NO/c1-9-5-6-13(10(2)7-9)14-11(3)8-12(4)15/h9-15H,5-8H2,1-4H3. The third kappa shape index (κ3) is 4.52. The number of hydrogen-bond acceptors (Lipinski definition) is 2. The summed E-state index contributed by atoms with van der Waals surface area (Å²) in [4.78, 5) is 0. The van der Waals surface area contributed by atoms with Crippen molar-refractivity contribution >= 4 is 0 Å². The molecule has 0 heterocycles. The lowest BCUT2D eigenvalue weighted by Gasteiger charge is -2.35. The molecule has 5 unspecified atom stereocenters. The highest BCUT2D eigenvalue weighted by atomic mass is 16.3. The Labute approximate surface area is 94.5 Å². The van der Waals surface area contributed by atoms with Crippen molar-refractivity contribution in [2.24, 2.45) is 11.8 Å². The van der Waals surface area contributed by atoms with Gasteiger partial charge in [-0.1, -0.05) is 13.8 Å². The topological polar surface area (TPSA) is 32.3 Å². The van der Waals surface area contributed by atoms with Crippen LogP contribution in [-0.2, 0) is 0 Å². The summed E-state index contributed by atoms with van der Waals surface area (Å²) in [5.74, 6) is 1.68. The highest BCUT2D eigenvalue weighted by Crippen LogP contribution is 2.28. The van der Waals surface area contributed by atoms with Crippen LogP contribution in [0.2, 0.25) is 0 Å². The predicted molar refractivity (Wildman–Crippen MR) is 64.9 cm³/mol. The van der Waals surface area contributed by atoms with Crippen molar-refractivity contribution in [3.63, 3.8) is 0 Å². The number of aliphatic hydroxyl groups excluding tert-OH is 1. The molecule has 0 aliphatic heterocycles. The molecule has 0 aromatic rings. The largest absolute Gasteiger partial charge is 0.393 e. The molecule has 2 N–H and O–H groups in total. The fraction of sp³-hybridized carbons (Fsp3) is 1.00. The van der Waals surface area contributed by atoms with Gasteiger partial charge in [-0.3, -0.25) is 0 Å². The minimum atomic E-state index is -0.190. The van der Waals surface area contributed by atoms with Gasteiger partial charge in [-0.2, -0.15) is 0 Å². The second kappa shape index (κ2) is 5.86. The van der Waals surface area contributed by atoms with E-state index in [9.17, 15) is 5.11 Å². The Bertz CT molecular complexity index is 181. The molecular weight excluding hydrogens is 186 g/mol. The van der Waals surface area contributed by atoms with Gasteiger partial charge in [-0.25, -0.2) is 0 Å². The van der Waals surface area contributed by atoms with Crippen LogP contribution in [0.25, 0.3) is 0 Å². The van der Waals surface area contributed by atoms with Crippen molar-refractivity contribution in [3.05, 3.63) is 0 Å². The maximum absolute atomic E-state index is 9.32. The average Bonchev–Trinajstić information content (AvgIpc) is 2.08. The molecule has 1 saturated carbocycles. The maximum atomic E-state index is 9.32. The molecule has 2 nitrogen and oxygen atoms in total. The van der Waals surface area contributed by atoms with Gasteiger partial charge in [0.1, 0.15) is 0 Å². The summed E-state index contributed by atoms with van der Waals surface area (Å²) in [5.41, 5.74) is 0. The molecule has 0 spiro atoms. The Morgan fingerprint density at radius 3 is 2.47 bits per heavy atom. The van der Waals surface area contributed by atoms with Gasteiger partial charge >= 0.3 is 0 Å². The van der Waals surface area contributed by atoms with Crippen molar-refractivity contribution in [3.8, 4) is 0 Å². The normalized spacial score (nSPS) is 36.2. The summed E-state index contributed by atoms with van der Waals surface area (Å²) in [6, 6.07) is 1.10. The van der Waals surface area contributed by atoms with Crippen LogP contribution in [0.15, 0.2) is 0 Å². The molecule has 1 aliphatic carbocycles.